The summed E-state index contributed by atoms with van der Waals surface area (Å²) >= 11 is 18.5. The first kappa shape index (κ1) is 26.4. The average Bonchev–Trinajstić information content (AvgIpc) is 3.27. The molecule has 0 aromatic heterocycles. The number of sulfonamides is 1. The van der Waals surface area contributed by atoms with E-state index in [0.29, 0.717) is 60.1 Å². The molecule has 0 spiro atoms. The van der Waals surface area contributed by atoms with E-state index in [1.807, 2.05) is 36.1 Å². The van der Waals surface area contributed by atoms with E-state index >= 15 is 0 Å². The summed E-state index contributed by atoms with van der Waals surface area (Å²) < 4.78 is 31.3. The van der Waals surface area contributed by atoms with Crippen molar-refractivity contribution >= 4 is 50.9 Å². The fourth-order valence-corrected chi connectivity index (χ4v) is 6.04. The van der Waals surface area contributed by atoms with Crippen molar-refractivity contribution in [3.05, 3.63) is 63.1 Å². The monoisotopic (exact) mass is 559 g/mol. The molecule has 4 rings (SSSR count). The van der Waals surface area contributed by atoms with Crippen molar-refractivity contribution in [2.75, 3.05) is 45.5 Å². The molecule has 2 unspecified atom stereocenters. The van der Waals surface area contributed by atoms with Crippen LogP contribution in [0, 0.1) is 5.92 Å². The Bertz CT molecular complexity index is 1170. The topological polar surface area (TPSA) is 70.2 Å². The van der Waals surface area contributed by atoms with Crippen LogP contribution in [0.4, 0.5) is 4.79 Å². The van der Waals surface area contributed by atoms with Crippen LogP contribution in [0.1, 0.15) is 18.4 Å². The van der Waals surface area contributed by atoms with Crippen LogP contribution in [0.15, 0.2) is 42.5 Å². The molecule has 2 saturated heterocycles. The Morgan fingerprint density at radius 3 is 2.20 bits per heavy atom. The maximum atomic E-state index is 13.4. The summed E-state index contributed by atoms with van der Waals surface area (Å²) in [5.41, 5.74) is 0.994. The lowest BCUT2D eigenvalue weighted by Gasteiger charge is -2.35. The number of halogens is 3. The van der Waals surface area contributed by atoms with Gasteiger partial charge in [-0.2, -0.15) is 4.31 Å². The Morgan fingerprint density at radius 2 is 1.60 bits per heavy atom. The van der Waals surface area contributed by atoms with Gasteiger partial charge in [-0.1, -0.05) is 40.9 Å². The van der Waals surface area contributed by atoms with Gasteiger partial charge in [0, 0.05) is 56.1 Å². The summed E-state index contributed by atoms with van der Waals surface area (Å²) in [6.07, 6.45) is 0.995. The van der Waals surface area contributed by atoms with Gasteiger partial charge in [0.05, 0.1) is 16.3 Å². The molecule has 190 valence electrons. The number of urea groups is 1. The van der Waals surface area contributed by atoms with E-state index in [2.05, 4.69) is 0 Å². The van der Waals surface area contributed by atoms with Crippen LogP contribution >= 0.6 is 34.8 Å². The number of rotatable bonds is 5. The average molecular weight is 561 g/mol. The second-order valence-electron chi connectivity index (χ2n) is 9.06. The van der Waals surface area contributed by atoms with Crippen molar-refractivity contribution in [1.29, 1.82) is 0 Å². The number of nitrogens with zero attached hydrogens (tertiary/aromatic N) is 3. The van der Waals surface area contributed by atoms with E-state index in [0.717, 1.165) is 5.56 Å². The zero-order chi connectivity index (χ0) is 25.3. The molecule has 2 heterocycles. The van der Waals surface area contributed by atoms with Gasteiger partial charge >= 0.3 is 6.03 Å². The summed E-state index contributed by atoms with van der Waals surface area (Å²) in [6.45, 7) is 4.33. The van der Waals surface area contributed by atoms with Crippen molar-refractivity contribution < 1.29 is 17.9 Å². The van der Waals surface area contributed by atoms with Crippen LogP contribution in [0.3, 0.4) is 0 Å². The van der Waals surface area contributed by atoms with Crippen molar-refractivity contribution in [1.82, 2.24) is 14.1 Å². The van der Waals surface area contributed by atoms with Crippen molar-refractivity contribution in [3.63, 3.8) is 0 Å². The molecule has 2 fully saturated rings. The number of amides is 2. The summed E-state index contributed by atoms with van der Waals surface area (Å²) in [5.74, 6) is 0.703. The minimum absolute atomic E-state index is 0.00387. The normalized spacial score (nSPS) is 22.3. The van der Waals surface area contributed by atoms with Crippen LogP contribution in [0.2, 0.25) is 15.1 Å². The van der Waals surface area contributed by atoms with Gasteiger partial charge in [0.25, 0.3) is 0 Å². The maximum Gasteiger partial charge on any atom is 0.320 e. The van der Waals surface area contributed by atoms with Gasteiger partial charge in [-0.3, -0.25) is 0 Å². The van der Waals surface area contributed by atoms with Gasteiger partial charge in [0.2, 0.25) is 10.0 Å². The maximum absolute atomic E-state index is 13.4. The molecule has 11 heteroatoms. The highest BCUT2D eigenvalue weighted by Gasteiger charge is 2.42. The zero-order valence-corrected chi connectivity index (χ0v) is 22.6. The molecule has 2 amide bonds. The molecule has 2 aromatic carbocycles. The minimum atomic E-state index is -3.27. The standard InChI is InChI=1S/C24H28Cl3N3O4S/c1-16(34-19-6-4-18(25)5-7-19)20-14-29(15-21(20)17-3-8-22(26)23(27)13-17)24(31)28-9-11-30(12-10-28)35(2,32)33/h3-8,13,16,20-21H,9-12,14-15H2,1-2H3/t16-,20?,21?/m1/s1. The predicted octanol–water partition coefficient (Wildman–Crippen LogP) is 4.83. The fourth-order valence-electron chi connectivity index (χ4n) is 4.78. The van der Waals surface area contributed by atoms with E-state index in [4.69, 9.17) is 39.5 Å². The highest BCUT2D eigenvalue weighted by molar-refractivity contribution is 7.88. The molecule has 2 aliphatic heterocycles. The lowest BCUT2D eigenvalue weighted by atomic mass is 9.85. The number of hydrogen-bond donors (Lipinski definition) is 0. The Balaban J connectivity index is 1.52. The first-order chi connectivity index (χ1) is 16.5. The van der Waals surface area contributed by atoms with Gasteiger partial charge in [0.15, 0.2) is 0 Å². The van der Waals surface area contributed by atoms with Gasteiger partial charge in [-0.25, -0.2) is 13.2 Å². The zero-order valence-electron chi connectivity index (χ0n) is 19.5. The predicted molar refractivity (Wildman–Crippen MR) is 139 cm³/mol. The number of carbonyl (C=O) groups is 1. The first-order valence-corrected chi connectivity index (χ1v) is 14.4. The van der Waals surface area contributed by atoms with Crippen LogP contribution in [0.25, 0.3) is 0 Å². The lowest BCUT2D eigenvalue weighted by Crippen LogP contribution is -2.53. The van der Waals surface area contributed by atoms with Gasteiger partial charge in [-0.05, 0) is 48.9 Å². The molecule has 0 radical (unpaired) electrons. The Kier molecular flexibility index (Phi) is 8.08. The van der Waals surface area contributed by atoms with Gasteiger partial charge in [0.1, 0.15) is 11.9 Å². The van der Waals surface area contributed by atoms with Crippen molar-refractivity contribution in [3.8, 4) is 5.75 Å². The largest absolute Gasteiger partial charge is 0.490 e. The third kappa shape index (κ3) is 6.17. The van der Waals surface area contributed by atoms with Crippen LogP contribution in [-0.4, -0.2) is 80.2 Å². The molecule has 0 aliphatic carbocycles. The third-order valence-electron chi connectivity index (χ3n) is 6.72. The summed E-state index contributed by atoms with van der Waals surface area (Å²) in [5, 5.41) is 1.58. The first-order valence-electron chi connectivity index (χ1n) is 11.4. The number of ether oxygens (including phenoxy) is 1. The molecular formula is C24H28Cl3N3O4S. The summed E-state index contributed by atoms with van der Waals surface area (Å²) in [4.78, 5) is 17.0. The Hall–Kier alpha value is -1.71. The van der Waals surface area contributed by atoms with Crippen LogP contribution in [0.5, 0.6) is 5.75 Å². The van der Waals surface area contributed by atoms with E-state index in [9.17, 15) is 13.2 Å². The van der Waals surface area contributed by atoms with E-state index in [1.54, 1.807) is 23.1 Å². The minimum Gasteiger partial charge on any atom is -0.490 e. The summed E-state index contributed by atoms with van der Waals surface area (Å²) in [6, 6.07) is 12.7. The van der Waals surface area contributed by atoms with Crippen LogP contribution < -0.4 is 4.74 Å². The second-order valence-corrected chi connectivity index (χ2v) is 12.3. The molecule has 0 saturated carbocycles. The number of piperazine rings is 1. The second kappa shape index (κ2) is 10.7. The van der Waals surface area contributed by atoms with Crippen LogP contribution in [-0.2, 0) is 10.0 Å². The van der Waals surface area contributed by atoms with E-state index in [1.165, 1.54) is 10.6 Å². The quantitative estimate of drug-likeness (QED) is 0.525. The SMILES string of the molecule is C[C@@H](Oc1ccc(Cl)cc1)C1CN(C(=O)N2CCN(S(C)(=O)=O)CC2)CC1c1ccc(Cl)c(Cl)c1. The summed E-state index contributed by atoms with van der Waals surface area (Å²) in [7, 11) is -3.27. The molecule has 2 aromatic rings. The molecular weight excluding hydrogens is 533 g/mol. The van der Waals surface area contributed by atoms with Gasteiger partial charge < -0.3 is 14.5 Å². The third-order valence-corrected chi connectivity index (χ3v) is 9.02. The highest BCUT2D eigenvalue weighted by atomic mass is 35.5. The number of benzene rings is 2. The van der Waals surface area contributed by atoms with E-state index in [-0.39, 0.29) is 24.0 Å². The highest BCUT2D eigenvalue weighted by Crippen LogP contribution is 2.39. The molecule has 0 N–H and O–H groups in total. The van der Waals surface area contributed by atoms with Crippen molar-refractivity contribution in [2.24, 2.45) is 5.92 Å². The molecule has 3 atom stereocenters. The van der Waals surface area contributed by atoms with Crippen molar-refractivity contribution in [2.45, 2.75) is 18.9 Å². The molecule has 35 heavy (non-hydrogen) atoms. The molecule has 2 aliphatic rings. The number of hydrogen-bond acceptors (Lipinski definition) is 4. The smallest absolute Gasteiger partial charge is 0.320 e. The Morgan fingerprint density at radius 1 is 0.943 bits per heavy atom. The van der Waals surface area contributed by atoms with Gasteiger partial charge in [-0.15, -0.1) is 0 Å². The molecule has 7 nitrogen and oxygen atoms in total. The number of carbonyl (C=O) groups excluding carboxylic acids is 1. The molecule has 0 bridgehead atoms. The Labute approximate surface area is 221 Å². The van der Waals surface area contributed by atoms with E-state index < -0.39 is 10.0 Å². The number of likely N-dealkylation sites (tertiary alicyclic amines) is 1. The lowest BCUT2D eigenvalue weighted by molar-refractivity contribution is 0.129. The fraction of sp³-hybridized carbons (Fsp3) is 0.458.